The van der Waals surface area contributed by atoms with Crippen molar-refractivity contribution in [3.63, 3.8) is 0 Å². The summed E-state index contributed by atoms with van der Waals surface area (Å²) in [4.78, 5) is 12.8. The smallest absolute Gasteiger partial charge is 0.338 e. The largest absolute Gasteiger partial charge is 0.492 e. The molecule has 3 nitrogen and oxygen atoms in total. The minimum absolute atomic E-state index is 0.0708. The number of carbonyl (C=O) groups is 1. The number of halogens is 1. The molecule has 0 heterocycles. The Balaban J connectivity index is 1.33. The molecule has 1 aromatic carbocycles. The summed E-state index contributed by atoms with van der Waals surface area (Å²) in [7, 11) is 0. The second kappa shape index (κ2) is 16.7. The lowest BCUT2D eigenvalue weighted by Crippen LogP contribution is -2.29. The number of carbonyl (C=O) groups excluding carboxylic acids is 1. The third-order valence-corrected chi connectivity index (χ3v) is 9.31. The Bertz CT molecular complexity index is 748. The van der Waals surface area contributed by atoms with Gasteiger partial charge in [-0.1, -0.05) is 84.5 Å². The van der Waals surface area contributed by atoms with Crippen LogP contribution in [0.1, 0.15) is 140 Å². The molecule has 2 aliphatic rings. The molecule has 204 valence electrons. The number of hydrogen-bond acceptors (Lipinski definition) is 3. The first kappa shape index (κ1) is 29.5. The summed E-state index contributed by atoms with van der Waals surface area (Å²) in [6.07, 6.45) is 23.4. The van der Waals surface area contributed by atoms with E-state index in [2.05, 4.69) is 29.8 Å². The summed E-state index contributed by atoms with van der Waals surface area (Å²) in [5.74, 6) is 3.33. The van der Waals surface area contributed by atoms with E-state index < -0.39 is 0 Å². The zero-order chi connectivity index (χ0) is 25.6. The highest BCUT2D eigenvalue weighted by Crippen LogP contribution is 2.41. The van der Waals surface area contributed by atoms with Crippen molar-refractivity contribution < 1.29 is 14.3 Å². The van der Waals surface area contributed by atoms with Gasteiger partial charge < -0.3 is 9.47 Å². The van der Waals surface area contributed by atoms with Crippen LogP contribution in [0.2, 0.25) is 0 Å². The lowest BCUT2D eigenvalue weighted by molar-refractivity contribution is 0.0109. The summed E-state index contributed by atoms with van der Waals surface area (Å²) in [6.45, 7) is 5.24. The zero-order valence-electron chi connectivity index (χ0n) is 23.1. The van der Waals surface area contributed by atoms with Crippen molar-refractivity contribution in [1.29, 1.82) is 0 Å². The van der Waals surface area contributed by atoms with E-state index in [4.69, 9.17) is 9.47 Å². The van der Waals surface area contributed by atoms with Crippen molar-refractivity contribution in [2.75, 3.05) is 6.61 Å². The van der Waals surface area contributed by atoms with Crippen molar-refractivity contribution >= 4 is 21.9 Å². The summed E-state index contributed by atoms with van der Waals surface area (Å²) < 4.78 is 12.7. The highest BCUT2D eigenvalue weighted by Gasteiger charge is 2.32. The van der Waals surface area contributed by atoms with Crippen molar-refractivity contribution in [1.82, 2.24) is 0 Å². The van der Waals surface area contributed by atoms with Gasteiger partial charge in [0.25, 0.3) is 0 Å². The van der Waals surface area contributed by atoms with Gasteiger partial charge in [-0.15, -0.1) is 0 Å². The Morgan fingerprint density at radius 2 is 1.42 bits per heavy atom. The quantitative estimate of drug-likeness (QED) is 0.157. The van der Waals surface area contributed by atoms with Crippen molar-refractivity contribution in [3.05, 3.63) is 28.2 Å². The summed E-state index contributed by atoms with van der Waals surface area (Å²) >= 11 is 3.58. The number of esters is 1. The van der Waals surface area contributed by atoms with E-state index >= 15 is 0 Å². The van der Waals surface area contributed by atoms with E-state index in [9.17, 15) is 4.79 Å². The Kier molecular flexibility index (Phi) is 13.7. The van der Waals surface area contributed by atoms with Gasteiger partial charge >= 0.3 is 5.97 Å². The molecule has 0 radical (unpaired) electrons. The maximum Gasteiger partial charge on any atom is 0.338 e. The number of ether oxygens (including phenoxy) is 2. The maximum atomic E-state index is 12.8. The van der Waals surface area contributed by atoms with Crippen LogP contribution in [0.25, 0.3) is 0 Å². The molecule has 0 atom stereocenters. The molecule has 2 aliphatic carbocycles. The highest BCUT2D eigenvalue weighted by molar-refractivity contribution is 9.10. The number of benzene rings is 1. The van der Waals surface area contributed by atoms with Gasteiger partial charge in [0.05, 0.1) is 16.6 Å². The molecule has 0 aliphatic heterocycles. The molecule has 4 heteroatoms. The Morgan fingerprint density at radius 1 is 0.806 bits per heavy atom. The van der Waals surface area contributed by atoms with Crippen LogP contribution in [-0.4, -0.2) is 18.7 Å². The third kappa shape index (κ3) is 10.0. The van der Waals surface area contributed by atoms with Gasteiger partial charge in [-0.25, -0.2) is 4.79 Å². The average molecular weight is 564 g/mol. The molecule has 2 fully saturated rings. The molecular weight excluding hydrogens is 512 g/mol. The predicted octanol–water partition coefficient (Wildman–Crippen LogP) is 10.3. The maximum absolute atomic E-state index is 12.8. The van der Waals surface area contributed by atoms with Crippen LogP contribution in [-0.2, 0) is 4.74 Å². The normalized spacial score (nSPS) is 24.4. The minimum atomic E-state index is -0.200. The van der Waals surface area contributed by atoms with Crippen LogP contribution in [0.3, 0.4) is 0 Å². The van der Waals surface area contributed by atoms with E-state index in [-0.39, 0.29) is 12.1 Å². The second-order valence-electron chi connectivity index (χ2n) is 11.5. The lowest BCUT2D eigenvalue weighted by Gasteiger charge is -2.37. The third-order valence-electron chi connectivity index (χ3n) is 8.69. The molecule has 0 spiro atoms. The van der Waals surface area contributed by atoms with Gasteiger partial charge in [0.15, 0.2) is 0 Å². The van der Waals surface area contributed by atoms with E-state index in [1.54, 1.807) is 0 Å². The zero-order valence-corrected chi connectivity index (χ0v) is 24.7. The average Bonchev–Trinajstić information content (AvgIpc) is 2.90. The fraction of sp³-hybridized carbons (Fsp3) is 0.781. The molecule has 0 saturated heterocycles. The van der Waals surface area contributed by atoms with E-state index in [0.717, 1.165) is 53.8 Å². The molecule has 2 saturated carbocycles. The summed E-state index contributed by atoms with van der Waals surface area (Å²) in [6, 6.07) is 5.58. The monoisotopic (exact) mass is 562 g/mol. The first-order chi connectivity index (χ1) is 17.6. The molecule has 0 aromatic heterocycles. The minimum Gasteiger partial charge on any atom is -0.492 e. The molecule has 0 amide bonds. The fourth-order valence-corrected chi connectivity index (χ4v) is 6.83. The van der Waals surface area contributed by atoms with Crippen LogP contribution < -0.4 is 4.74 Å². The van der Waals surface area contributed by atoms with Gasteiger partial charge in [-0.3, -0.25) is 0 Å². The molecule has 1 aromatic rings. The first-order valence-corrected chi connectivity index (χ1v) is 16.0. The molecular formula is C32H51BrO3. The van der Waals surface area contributed by atoms with E-state index in [1.165, 1.54) is 96.3 Å². The molecule has 0 N–H and O–H groups in total. The Hall–Kier alpha value is -1.03. The molecule has 0 bridgehead atoms. The highest BCUT2D eigenvalue weighted by atomic mass is 79.9. The van der Waals surface area contributed by atoms with Crippen molar-refractivity contribution in [2.24, 2.45) is 17.8 Å². The SMILES string of the molecule is CCCCCCCOc1ccc(C(=O)OC2CCC(C3CCC(CCCCCC)CC3)CC2)cc1Br. The standard InChI is InChI=1S/C32H51BrO3/c1-3-5-7-9-11-23-35-31-22-19-28(24-30(31)33)32(34)36-29-20-17-27(18-21-29)26-15-13-25(14-16-26)12-10-8-6-4-2/h19,22,24-27,29H,3-18,20-21,23H2,1-2H3. The fourth-order valence-electron chi connectivity index (χ4n) is 6.34. The van der Waals surface area contributed by atoms with Gasteiger partial charge in [0.2, 0.25) is 0 Å². The summed E-state index contributed by atoms with van der Waals surface area (Å²) in [5.41, 5.74) is 0.608. The van der Waals surface area contributed by atoms with E-state index in [1.807, 2.05) is 18.2 Å². The van der Waals surface area contributed by atoms with Crippen LogP contribution in [0, 0.1) is 17.8 Å². The van der Waals surface area contributed by atoms with Gasteiger partial charge in [-0.2, -0.15) is 0 Å². The second-order valence-corrected chi connectivity index (χ2v) is 12.3. The molecule has 0 unspecified atom stereocenters. The summed E-state index contributed by atoms with van der Waals surface area (Å²) in [5, 5.41) is 0. The predicted molar refractivity (Wildman–Crippen MR) is 154 cm³/mol. The van der Waals surface area contributed by atoms with Crippen LogP contribution in [0.4, 0.5) is 0 Å². The first-order valence-electron chi connectivity index (χ1n) is 15.2. The van der Waals surface area contributed by atoms with Crippen LogP contribution >= 0.6 is 15.9 Å². The van der Waals surface area contributed by atoms with Crippen molar-refractivity contribution in [3.8, 4) is 5.75 Å². The Morgan fingerprint density at radius 3 is 2.06 bits per heavy atom. The molecule has 3 rings (SSSR count). The van der Waals surface area contributed by atoms with Gasteiger partial charge in [0.1, 0.15) is 11.9 Å². The van der Waals surface area contributed by atoms with Gasteiger partial charge in [0, 0.05) is 0 Å². The topological polar surface area (TPSA) is 35.5 Å². The van der Waals surface area contributed by atoms with E-state index in [0.29, 0.717) is 5.56 Å². The lowest BCUT2D eigenvalue weighted by atomic mass is 9.70. The molecule has 36 heavy (non-hydrogen) atoms. The van der Waals surface area contributed by atoms with Crippen molar-refractivity contribution in [2.45, 2.75) is 136 Å². The number of unbranched alkanes of at least 4 members (excludes halogenated alkanes) is 7. The van der Waals surface area contributed by atoms with Gasteiger partial charge in [-0.05, 0) is 96.8 Å². The number of rotatable bonds is 15. The number of hydrogen-bond donors (Lipinski definition) is 0. The van der Waals surface area contributed by atoms with Crippen LogP contribution in [0.5, 0.6) is 5.75 Å². The Labute approximate surface area is 229 Å². The van der Waals surface area contributed by atoms with Crippen LogP contribution in [0.15, 0.2) is 22.7 Å².